The van der Waals surface area contributed by atoms with Crippen LogP contribution in [0.3, 0.4) is 0 Å². The molecule has 3 atom stereocenters. The Morgan fingerprint density at radius 2 is 1.76 bits per heavy atom. The van der Waals surface area contributed by atoms with E-state index >= 15 is 0 Å². The first-order valence-electron chi connectivity index (χ1n) is 10.4. The van der Waals surface area contributed by atoms with E-state index in [9.17, 15) is 4.79 Å². The van der Waals surface area contributed by atoms with Crippen LogP contribution >= 0.6 is 0 Å². The number of nitrogens with zero attached hydrogens (tertiary/aromatic N) is 2. The average Bonchev–Trinajstić information content (AvgIpc) is 2.65. The molecule has 1 aliphatic carbocycles. The molecule has 4 rings (SSSR count). The lowest BCUT2D eigenvalue weighted by Gasteiger charge is -2.49. The molecule has 3 nitrogen and oxygen atoms in total. The number of carbonyl (C=O) groups excluding carboxylic acids is 1. The molecule has 25 heavy (non-hydrogen) atoms. The van der Waals surface area contributed by atoms with Crippen LogP contribution in [0.4, 0.5) is 0 Å². The van der Waals surface area contributed by atoms with Crippen LogP contribution < -0.4 is 0 Å². The van der Waals surface area contributed by atoms with Crippen molar-refractivity contribution in [3.63, 3.8) is 0 Å². The molecular formula is C22H32N2O. The summed E-state index contributed by atoms with van der Waals surface area (Å²) in [5.41, 5.74) is 1.43. The Bertz CT molecular complexity index is 571. The third-order valence-corrected chi connectivity index (χ3v) is 6.66. The zero-order valence-corrected chi connectivity index (χ0v) is 15.4. The fraction of sp³-hybridized carbons (Fsp3) is 0.682. The maximum Gasteiger partial charge on any atom is 0.222 e. The van der Waals surface area contributed by atoms with Crippen LogP contribution in [0, 0.1) is 11.8 Å². The van der Waals surface area contributed by atoms with E-state index in [0.717, 1.165) is 38.4 Å². The maximum absolute atomic E-state index is 12.3. The fourth-order valence-corrected chi connectivity index (χ4v) is 5.53. The van der Waals surface area contributed by atoms with Crippen LogP contribution in [-0.2, 0) is 11.3 Å². The predicted octanol–water partition coefficient (Wildman–Crippen LogP) is 4.08. The normalized spacial score (nSPS) is 31.0. The van der Waals surface area contributed by atoms with Gasteiger partial charge in [0.05, 0.1) is 0 Å². The molecule has 0 aromatic heterocycles. The zero-order chi connectivity index (χ0) is 17.1. The molecule has 0 spiro atoms. The minimum atomic E-state index is 0.402. The maximum atomic E-state index is 12.3. The molecule has 0 N–H and O–H groups in total. The van der Waals surface area contributed by atoms with Gasteiger partial charge in [0.15, 0.2) is 0 Å². The van der Waals surface area contributed by atoms with Gasteiger partial charge in [-0.25, -0.2) is 0 Å². The Hall–Kier alpha value is -1.35. The van der Waals surface area contributed by atoms with Crippen LogP contribution in [0.1, 0.15) is 56.9 Å². The number of likely N-dealkylation sites (tertiary alicyclic amines) is 2. The first kappa shape index (κ1) is 17.1. The Labute approximate surface area is 152 Å². The highest BCUT2D eigenvalue weighted by atomic mass is 16.2. The van der Waals surface area contributed by atoms with Crippen LogP contribution in [0.15, 0.2) is 30.3 Å². The highest BCUT2D eigenvalue weighted by Crippen LogP contribution is 2.40. The molecule has 3 aliphatic rings. The van der Waals surface area contributed by atoms with Crippen molar-refractivity contribution in [1.82, 2.24) is 9.80 Å². The lowest BCUT2D eigenvalue weighted by molar-refractivity contribution is -0.135. The second-order valence-electron chi connectivity index (χ2n) is 8.34. The molecule has 136 valence electrons. The van der Waals surface area contributed by atoms with E-state index in [0.29, 0.717) is 17.9 Å². The van der Waals surface area contributed by atoms with Crippen molar-refractivity contribution in [2.24, 2.45) is 11.8 Å². The summed E-state index contributed by atoms with van der Waals surface area (Å²) < 4.78 is 0. The van der Waals surface area contributed by atoms with Gasteiger partial charge >= 0.3 is 0 Å². The van der Waals surface area contributed by atoms with Crippen LogP contribution in [-0.4, -0.2) is 41.4 Å². The van der Waals surface area contributed by atoms with Gasteiger partial charge in [0.2, 0.25) is 5.91 Å². The number of carbonyl (C=O) groups is 1. The molecule has 1 aromatic carbocycles. The van der Waals surface area contributed by atoms with E-state index in [1.165, 1.54) is 50.6 Å². The molecule has 2 saturated heterocycles. The first-order chi connectivity index (χ1) is 12.3. The zero-order valence-electron chi connectivity index (χ0n) is 15.4. The highest BCUT2D eigenvalue weighted by Gasteiger charge is 2.40. The Morgan fingerprint density at radius 3 is 2.60 bits per heavy atom. The molecule has 1 aromatic rings. The molecular weight excluding hydrogens is 308 g/mol. The van der Waals surface area contributed by atoms with Gasteiger partial charge in [-0.2, -0.15) is 0 Å². The highest BCUT2D eigenvalue weighted by molar-refractivity contribution is 5.76. The standard InChI is InChI=1S/C22H32N2O/c25-21-13-4-5-14-23(21)17-20-11-6-10-19-12-7-15-24(22(19)20)16-18-8-2-1-3-9-18/h1-3,8-9,19-20,22H,4-7,10-17H2/t19-,20+,22+/m1/s1. The molecule has 3 heteroatoms. The minimum Gasteiger partial charge on any atom is -0.342 e. The van der Waals surface area contributed by atoms with Crippen molar-refractivity contribution < 1.29 is 4.79 Å². The van der Waals surface area contributed by atoms with Gasteiger partial charge in [0.25, 0.3) is 0 Å². The first-order valence-corrected chi connectivity index (χ1v) is 10.4. The average molecular weight is 341 g/mol. The van der Waals surface area contributed by atoms with Gasteiger partial charge in [0, 0.05) is 32.1 Å². The van der Waals surface area contributed by atoms with Gasteiger partial charge in [-0.1, -0.05) is 36.8 Å². The summed E-state index contributed by atoms with van der Waals surface area (Å²) in [4.78, 5) is 17.3. The molecule has 3 fully saturated rings. The van der Waals surface area contributed by atoms with Crippen LogP contribution in [0.25, 0.3) is 0 Å². The molecule has 0 radical (unpaired) electrons. The van der Waals surface area contributed by atoms with Crippen molar-refractivity contribution in [2.75, 3.05) is 19.6 Å². The second kappa shape index (κ2) is 7.90. The monoisotopic (exact) mass is 340 g/mol. The van der Waals surface area contributed by atoms with Gasteiger partial charge in [-0.15, -0.1) is 0 Å². The van der Waals surface area contributed by atoms with E-state index in [-0.39, 0.29) is 0 Å². The third-order valence-electron chi connectivity index (χ3n) is 6.66. The van der Waals surface area contributed by atoms with Crippen molar-refractivity contribution in [2.45, 2.75) is 64.0 Å². The van der Waals surface area contributed by atoms with Gasteiger partial charge < -0.3 is 4.90 Å². The number of benzene rings is 1. The third kappa shape index (κ3) is 3.92. The number of hydrogen-bond acceptors (Lipinski definition) is 2. The smallest absolute Gasteiger partial charge is 0.222 e. The SMILES string of the molecule is O=C1CCCCN1C[C@@H]1CCC[C@@H]2CCCN(Cc3ccccc3)[C@@H]21. The number of fused-ring (bicyclic) bond motifs is 1. The number of amides is 1. The van der Waals surface area contributed by atoms with Crippen LogP contribution in [0.2, 0.25) is 0 Å². The van der Waals surface area contributed by atoms with Gasteiger partial charge in [-0.05, 0) is 62.5 Å². The summed E-state index contributed by atoms with van der Waals surface area (Å²) in [6, 6.07) is 11.6. The Balaban J connectivity index is 1.49. The summed E-state index contributed by atoms with van der Waals surface area (Å²) in [5.74, 6) is 1.92. The quantitative estimate of drug-likeness (QED) is 0.824. The number of rotatable bonds is 4. The largest absolute Gasteiger partial charge is 0.342 e. The van der Waals surface area contributed by atoms with Crippen molar-refractivity contribution in [3.05, 3.63) is 35.9 Å². The second-order valence-corrected chi connectivity index (χ2v) is 8.34. The number of hydrogen-bond donors (Lipinski definition) is 0. The summed E-state index contributed by atoms with van der Waals surface area (Å²) in [6.07, 6.45) is 9.83. The fourth-order valence-electron chi connectivity index (χ4n) is 5.53. The van der Waals surface area contributed by atoms with Crippen molar-refractivity contribution >= 4 is 5.91 Å². The Kier molecular flexibility index (Phi) is 5.40. The van der Waals surface area contributed by atoms with Crippen LogP contribution in [0.5, 0.6) is 0 Å². The van der Waals surface area contributed by atoms with Gasteiger partial charge in [-0.3, -0.25) is 9.69 Å². The molecule has 1 saturated carbocycles. The molecule has 0 bridgehead atoms. The summed E-state index contributed by atoms with van der Waals surface area (Å²) in [6.45, 7) is 4.30. The van der Waals surface area contributed by atoms with E-state index < -0.39 is 0 Å². The minimum absolute atomic E-state index is 0.402. The van der Waals surface area contributed by atoms with E-state index in [4.69, 9.17) is 0 Å². The number of piperidine rings is 2. The van der Waals surface area contributed by atoms with E-state index in [1.54, 1.807) is 0 Å². The topological polar surface area (TPSA) is 23.6 Å². The Morgan fingerprint density at radius 1 is 0.920 bits per heavy atom. The summed E-state index contributed by atoms with van der Waals surface area (Å²) in [7, 11) is 0. The molecule has 2 aliphatic heterocycles. The molecule has 1 amide bonds. The lowest BCUT2D eigenvalue weighted by atomic mass is 9.71. The van der Waals surface area contributed by atoms with Crippen molar-refractivity contribution in [3.8, 4) is 0 Å². The summed E-state index contributed by atoms with van der Waals surface area (Å²) in [5, 5.41) is 0. The van der Waals surface area contributed by atoms with E-state index in [1.807, 2.05) is 0 Å². The summed E-state index contributed by atoms with van der Waals surface area (Å²) >= 11 is 0. The lowest BCUT2D eigenvalue weighted by Crippen LogP contribution is -2.54. The van der Waals surface area contributed by atoms with Gasteiger partial charge in [0.1, 0.15) is 0 Å². The molecule has 2 heterocycles. The predicted molar refractivity (Wildman–Crippen MR) is 101 cm³/mol. The van der Waals surface area contributed by atoms with Crippen molar-refractivity contribution in [1.29, 1.82) is 0 Å². The molecule has 0 unspecified atom stereocenters. The van der Waals surface area contributed by atoms with E-state index in [2.05, 4.69) is 40.1 Å².